The Morgan fingerprint density at radius 3 is 2.38 bits per heavy atom. The minimum absolute atomic E-state index is 0.122. The van der Waals surface area contributed by atoms with E-state index in [0.29, 0.717) is 5.56 Å². The topological polar surface area (TPSA) is 97.8 Å². The number of nitrogens with zero attached hydrogens (tertiary/aromatic N) is 3. The third kappa shape index (κ3) is 3.82. The second-order valence-electron chi connectivity index (χ2n) is 5.22. The van der Waals surface area contributed by atoms with Gasteiger partial charge >= 0.3 is 6.18 Å². The van der Waals surface area contributed by atoms with Crippen molar-refractivity contribution in [2.75, 3.05) is 6.26 Å². The summed E-state index contributed by atoms with van der Waals surface area (Å²) in [6.07, 6.45) is -2.41. The number of alkyl halides is 3. The molecule has 1 aromatic carbocycles. The maximum Gasteiger partial charge on any atom is 0.421 e. The zero-order chi connectivity index (χ0) is 18.9. The first-order valence-corrected chi connectivity index (χ1v) is 8.97. The van der Waals surface area contributed by atoms with E-state index in [1.165, 1.54) is 36.5 Å². The molecule has 0 spiro atoms. The normalized spacial score (nSPS) is 12.2. The van der Waals surface area contributed by atoms with E-state index in [9.17, 15) is 21.6 Å². The van der Waals surface area contributed by atoms with Crippen LogP contribution < -0.4 is 4.74 Å². The molecule has 26 heavy (non-hydrogen) atoms. The molecule has 11 heteroatoms. The molecule has 7 nitrogen and oxygen atoms in total. The van der Waals surface area contributed by atoms with Crippen LogP contribution in [0.15, 0.2) is 47.8 Å². The molecule has 3 rings (SSSR count). The van der Waals surface area contributed by atoms with Crippen molar-refractivity contribution < 1.29 is 26.3 Å². The van der Waals surface area contributed by atoms with Gasteiger partial charge in [0.05, 0.1) is 0 Å². The number of rotatable bonds is 4. The summed E-state index contributed by atoms with van der Waals surface area (Å²) in [5, 5.41) is 5.82. The van der Waals surface area contributed by atoms with Crippen molar-refractivity contribution in [3.63, 3.8) is 0 Å². The molecule has 3 aromatic rings. The highest BCUT2D eigenvalue weighted by atomic mass is 32.2. The van der Waals surface area contributed by atoms with Crippen molar-refractivity contribution in [2.45, 2.75) is 11.3 Å². The lowest BCUT2D eigenvalue weighted by Crippen LogP contribution is -2.08. The summed E-state index contributed by atoms with van der Waals surface area (Å²) < 4.78 is 66.8. The standard InChI is InChI=1S/C15H11F3N4O3S/c1-26(23,24)14-20-12(21-22-14)9-4-6-10(7-5-9)25-13-11(15(16,17)18)3-2-8-19-13/h2-8H,1H3,(H,20,21,22). The second kappa shape index (κ2) is 6.41. The summed E-state index contributed by atoms with van der Waals surface area (Å²) in [7, 11) is -3.53. The molecule has 2 aromatic heterocycles. The molecule has 0 unspecified atom stereocenters. The van der Waals surface area contributed by atoms with Crippen LogP contribution in [-0.2, 0) is 16.0 Å². The van der Waals surface area contributed by atoms with E-state index in [0.717, 1.165) is 12.3 Å². The van der Waals surface area contributed by atoms with Gasteiger partial charge in [0.15, 0.2) is 5.82 Å². The number of aromatic amines is 1. The minimum atomic E-state index is -4.59. The first-order chi connectivity index (χ1) is 12.1. The number of aromatic nitrogens is 4. The fourth-order valence-electron chi connectivity index (χ4n) is 2.01. The molecule has 0 saturated heterocycles. The number of sulfone groups is 1. The molecule has 0 amide bonds. The monoisotopic (exact) mass is 384 g/mol. The van der Waals surface area contributed by atoms with Crippen molar-refractivity contribution in [1.82, 2.24) is 20.2 Å². The number of halogens is 3. The van der Waals surface area contributed by atoms with E-state index in [1.54, 1.807) is 0 Å². The maximum atomic E-state index is 12.9. The molecule has 0 atom stereocenters. The second-order valence-corrected chi connectivity index (χ2v) is 7.15. The molecule has 0 aliphatic rings. The molecule has 0 bridgehead atoms. The van der Waals surface area contributed by atoms with Gasteiger partial charge < -0.3 is 4.74 Å². The Labute approximate surface area is 145 Å². The van der Waals surface area contributed by atoms with Crippen LogP contribution in [0.3, 0.4) is 0 Å². The SMILES string of the molecule is CS(=O)(=O)c1nc(-c2ccc(Oc3ncccc3C(F)(F)F)cc2)n[nH]1. The first-order valence-electron chi connectivity index (χ1n) is 7.07. The largest absolute Gasteiger partial charge is 0.438 e. The molecule has 0 radical (unpaired) electrons. The van der Waals surface area contributed by atoms with Crippen molar-refractivity contribution in [3.05, 3.63) is 48.2 Å². The summed E-state index contributed by atoms with van der Waals surface area (Å²) in [5.74, 6) is -0.312. The van der Waals surface area contributed by atoms with Crippen LogP contribution in [0.5, 0.6) is 11.6 Å². The van der Waals surface area contributed by atoms with Gasteiger partial charge in [-0.3, -0.25) is 0 Å². The number of H-pyrrole nitrogens is 1. The molecule has 0 aliphatic carbocycles. The molecule has 136 valence electrons. The third-order valence-electron chi connectivity index (χ3n) is 3.22. The van der Waals surface area contributed by atoms with Crippen molar-refractivity contribution >= 4 is 9.84 Å². The van der Waals surface area contributed by atoms with Gasteiger partial charge in [-0.05, 0) is 36.4 Å². The Balaban J connectivity index is 1.84. The summed E-state index contributed by atoms with van der Waals surface area (Å²) in [4.78, 5) is 7.47. The Hall–Kier alpha value is -2.95. The van der Waals surface area contributed by atoms with Crippen LogP contribution in [0.2, 0.25) is 0 Å². The van der Waals surface area contributed by atoms with Crippen LogP contribution in [0.1, 0.15) is 5.56 Å². The lowest BCUT2D eigenvalue weighted by molar-refractivity contribution is -0.138. The van der Waals surface area contributed by atoms with Gasteiger partial charge in [-0.1, -0.05) is 0 Å². The van der Waals surface area contributed by atoms with E-state index >= 15 is 0 Å². The molecule has 0 fully saturated rings. The number of benzene rings is 1. The predicted octanol–water partition coefficient (Wildman–Crippen LogP) is 3.08. The number of hydrogen-bond acceptors (Lipinski definition) is 6. The van der Waals surface area contributed by atoms with Gasteiger partial charge in [0, 0.05) is 18.0 Å². The first kappa shape index (κ1) is 17.9. The van der Waals surface area contributed by atoms with E-state index in [1.807, 2.05) is 0 Å². The molecule has 0 aliphatic heterocycles. The average Bonchev–Trinajstić information content (AvgIpc) is 3.05. The van der Waals surface area contributed by atoms with Gasteiger partial charge in [0.25, 0.3) is 0 Å². The fraction of sp³-hybridized carbons (Fsp3) is 0.133. The van der Waals surface area contributed by atoms with E-state index in [2.05, 4.69) is 20.2 Å². The van der Waals surface area contributed by atoms with Crippen LogP contribution in [0, 0.1) is 0 Å². The Bertz CT molecular complexity index is 1030. The molecule has 2 heterocycles. The lowest BCUT2D eigenvalue weighted by Gasteiger charge is -2.12. The number of hydrogen-bond donors (Lipinski definition) is 1. The molecular formula is C15H11F3N4O3S. The minimum Gasteiger partial charge on any atom is -0.438 e. The summed E-state index contributed by atoms with van der Waals surface area (Å²) in [5.41, 5.74) is -0.531. The van der Waals surface area contributed by atoms with Crippen molar-refractivity contribution in [3.8, 4) is 23.0 Å². The van der Waals surface area contributed by atoms with Crippen LogP contribution >= 0.6 is 0 Å². The van der Waals surface area contributed by atoms with E-state index in [4.69, 9.17) is 4.74 Å². The summed E-state index contributed by atoms with van der Waals surface area (Å²) >= 11 is 0. The average molecular weight is 384 g/mol. The van der Waals surface area contributed by atoms with E-state index < -0.39 is 27.5 Å². The quantitative estimate of drug-likeness (QED) is 0.742. The Morgan fingerprint density at radius 1 is 1.12 bits per heavy atom. The zero-order valence-electron chi connectivity index (χ0n) is 13.1. The summed E-state index contributed by atoms with van der Waals surface area (Å²) in [6.45, 7) is 0. The zero-order valence-corrected chi connectivity index (χ0v) is 14.0. The Kier molecular flexibility index (Phi) is 4.40. The smallest absolute Gasteiger partial charge is 0.421 e. The van der Waals surface area contributed by atoms with Gasteiger partial charge in [0.1, 0.15) is 11.3 Å². The van der Waals surface area contributed by atoms with Crippen molar-refractivity contribution in [2.24, 2.45) is 0 Å². The summed E-state index contributed by atoms with van der Waals surface area (Å²) in [6, 6.07) is 7.82. The third-order valence-corrected chi connectivity index (χ3v) is 4.10. The maximum absolute atomic E-state index is 12.9. The van der Waals surface area contributed by atoms with Gasteiger partial charge in [-0.2, -0.15) is 23.3 Å². The number of nitrogens with one attached hydrogen (secondary N) is 1. The predicted molar refractivity (Wildman–Crippen MR) is 84.2 cm³/mol. The number of pyridine rings is 1. The van der Waals surface area contributed by atoms with Gasteiger partial charge in [-0.25, -0.2) is 18.5 Å². The number of ether oxygens (including phenoxy) is 1. The molecular weight excluding hydrogens is 373 g/mol. The lowest BCUT2D eigenvalue weighted by atomic mass is 10.2. The van der Waals surface area contributed by atoms with E-state index in [-0.39, 0.29) is 16.7 Å². The highest BCUT2D eigenvalue weighted by Gasteiger charge is 2.35. The van der Waals surface area contributed by atoms with Crippen molar-refractivity contribution in [1.29, 1.82) is 0 Å². The van der Waals surface area contributed by atoms with Crippen LogP contribution in [0.4, 0.5) is 13.2 Å². The highest BCUT2D eigenvalue weighted by Crippen LogP contribution is 2.36. The highest BCUT2D eigenvalue weighted by molar-refractivity contribution is 7.90. The van der Waals surface area contributed by atoms with Crippen LogP contribution in [-0.4, -0.2) is 34.8 Å². The van der Waals surface area contributed by atoms with Gasteiger partial charge in [0.2, 0.25) is 20.9 Å². The fourth-order valence-corrected chi connectivity index (χ4v) is 2.48. The van der Waals surface area contributed by atoms with Crippen LogP contribution in [0.25, 0.3) is 11.4 Å². The van der Waals surface area contributed by atoms with Gasteiger partial charge in [-0.15, -0.1) is 0 Å². The molecule has 0 saturated carbocycles. The Morgan fingerprint density at radius 2 is 1.81 bits per heavy atom. The molecule has 1 N–H and O–H groups in total.